The third-order valence-electron chi connectivity index (χ3n) is 2.09. The van der Waals surface area contributed by atoms with Crippen molar-refractivity contribution in [3.63, 3.8) is 0 Å². The molecule has 0 aliphatic heterocycles. The van der Waals surface area contributed by atoms with Gasteiger partial charge in [-0.2, -0.15) is 0 Å². The Morgan fingerprint density at radius 2 is 2.00 bits per heavy atom. The van der Waals surface area contributed by atoms with Crippen LogP contribution in [0.3, 0.4) is 0 Å². The van der Waals surface area contributed by atoms with E-state index in [9.17, 15) is 4.79 Å². The second kappa shape index (κ2) is 5.71. The predicted octanol–water partition coefficient (Wildman–Crippen LogP) is 3.49. The van der Waals surface area contributed by atoms with E-state index in [-0.39, 0.29) is 5.91 Å². The van der Waals surface area contributed by atoms with Gasteiger partial charge in [0.2, 0.25) is 0 Å². The summed E-state index contributed by atoms with van der Waals surface area (Å²) in [6, 6.07) is 7.84. The molecule has 0 saturated heterocycles. The first-order valence-electron chi connectivity index (χ1n) is 4.89. The Morgan fingerprint density at radius 3 is 2.47 bits per heavy atom. The van der Waals surface area contributed by atoms with Crippen LogP contribution < -0.4 is 5.32 Å². The maximum Gasteiger partial charge on any atom is 0.262 e. The lowest BCUT2D eigenvalue weighted by molar-refractivity contribution is -0.112. The molecule has 0 heterocycles. The Labute approximate surface area is 98.5 Å². The predicted molar refractivity (Wildman–Crippen MR) is 67.1 cm³/mol. The van der Waals surface area contributed by atoms with E-state index >= 15 is 0 Å². The molecule has 0 fully saturated rings. The van der Waals surface area contributed by atoms with Gasteiger partial charge in [0, 0.05) is 5.69 Å². The lowest BCUT2D eigenvalue weighted by Crippen LogP contribution is -2.10. The molecule has 0 bridgehead atoms. The molecule has 0 aliphatic rings. The van der Waals surface area contributed by atoms with Crippen LogP contribution in [0.2, 0.25) is 0 Å². The summed E-state index contributed by atoms with van der Waals surface area (Å²) in [6.45, 7) is 3.91. The monoisotopic (exact) mass is 267 g/mol. The zero-order valence-corrected chi connectivity index (χ0v) is 10.5. The summed E-state index contributed by atoms with van der Waals surface area (Å²) >= 11 is 3.18. The third kappa shape index (κ3) is 3.51. The maximum atomic E-state index is 11.5. The molecule has 0 spiro atoms. The van der Waals surface area contributed by atoms with Crippen LogP contribution in [0.5, 0.6) is 0 Å². The molecule has 3 heteroatoms. The molecule has 0 saturated carbocycles. The normalized spacial score (nSPS) is 11.3. The first kappa shape index (κ1) is 12.0. The van der Waals surface area contributed by atoms with Gasteiger partial charge in [-0.05, 0) is 47.0 Å². The van der Waals surface area contributed by atoms with Gasteiger partial charge in [0.15, 0.2) is 0 Å². The summed E-state index contributed by atoms with van der Waals surface area (Å²) in [4.78, 5) is 11.5. The second-order valence-corrected chi connectivity index (χ2v) is 4.00. The van der Waals surface area contributed by atoms with Crippen LogP contribution in [0.25, 0.3) is 0 Å². The highest BCUT2D eigenvalue weighted by atomic mass is 79.9. The van der Waals surface area contributed by atoms with Gasteiger partial charge in [0.1, 0.15) is 0 Å². The van der Waals surface area contributed by atoms with E-state index in [1.54, 1.807) is 6.08 Å². The minimum Gasteiger partial charge on any atom is -0.322 e. The van der Waals surface area contributed by atoms with E-state index in [4.69, 9.17) is 0 Å². The van der Waals surface area contributed by atoms with Crippen molar-refractivity contribution in [2.75, 3.05) is 5.32 Å². The van der Waals surface area contributed by atoms with Gasteiger partial charge >= 0.3 is 0 Å². The van der Waals surface area contributed by atoms with E-state index in [0.29, 0.717) is 4.48 Å². The van der Waals surface area contributed by atoms with Crippen LogP contribution in [0.15, 0.2) is 34.8 Å². The molecule has 2 nitrogen and oxygen atoms in total. The summed E-state index contributed by atoms with van der Waals surface area (Å²) < 4.78 is 0.544. The molecule has 0 atom stereocenters. The number of aryl methyl sites for hydroxylation is 1. The smallest absolute Gasteiger partial charge is 0.262 e. The van der Waals surface area contributed by atoms with E-state index in [2.05, 4.69) is 28.2 Å². The fourth-order valence-electron chi connectivity index (χ4n) is 1.15. The summed E-state index contributed by atoms with van der Waals surface area (Å²) in [5.41, 5.74) is 2.08. The Morgan fingerprint density at radius 1 is 1.40 bits per heavy atom. The molecule has 1 aromatic rings. The Hall–Kier alpha value is -1.09. The van der Waals surface area contributed by atoms with Gasteiger partial charge in [0.05, 0.1) is 4.48 Å². The van der Waals surface area contributed by atoms with Gasteiger partial charge in [-0.1, -0.05) is 25.1 Å². The number of hydrogen-bond donors (Lipinski definition) is 1. The zero-order chi connectivity index (χ0) is 11.3. The minimum atomic E-state index is -0.123. The SMILES string of the molecule is C/C=C(\Br)C(=O)Nc1ccc(CC)cc1. The van der Waals surface area contributed by atoms with Gasteiger partial charge in [-0.15, -0.1) is 0 Å². The number of nitrogens with one attached hydrogen (secondary N) is 1. The van der Waals surface area contributed by atoms with Crippen LogP contribution in [-0.4, -0.2) is 5.91 Å². The van der Waals surface area contributed by atoms with Crippen molar-refractivity contribution in [3.05, 3.63) is 40.4 Å². The van der Waals surface area contributed by atoms with Gasteiger partial charge < -0.3 is 5.32 Å². The van der Waals surface area contributed by atoms with Crippen LogP contribution >= 0.6 is 15.9 Å². The molecule has 1 aromatic carbocycles. The Bertz CT molecular complexity index is 368. The molecule has 0 unspecified atom stereocenters. The Kier molecular flexibility index (Phi) is 4.56. The standard InChI is InChI=1S/C12H14BrNO/c1-3-9-5-7-10(8-6-9)14-12(15)11(13)4-2/h4-8H,3H2,1-2H3,(H,14,15)/b11-4-. The van der Waals surface area contributed by atoms with E-state index in [1.165, 1.54) is 5.56 Å². The van der Waals surface area contributed by atoms with Gasteiger partial charge in [-0.3, -0.25) is 4.79 Å². The van der Waals surface area contributed by atoms with Gasteiger partial charge in [-0.25, -0.2) is 0 Å². The maximum absolute atomic E-state index is 11.5. The van der Waals surface area contributed by atoms with Crippen molar-refractivity contribution in [2.24, 2.45) is 0 Å². The topological polar surface area (TPSA) is 29.1 Å². The highest BCUT2D eigenvalue weighted by Crippen LogP contribution is 2.13. The lowest BCUT2D eigenvalue weighted by atomic mass is 10.1. The van der Waals surface area contributed by atoms with Crippen molar-refractivity contribution in [1.29, 1.82) is 0 Å². The third-order valence-corrected chi connectivity index (χ3v) is 2.91. The van der Waals surface area contributed by atoms with Crippen molar-refractivity contribution in [1.82, 2.24) is 0 Å². The minimum absolute atomic E-state index is 0.123. The summed E-state index contributed by atoms with van der Waals surface area (Å²) in [5, 5.41) is 2.79. The number of hydrogen-bond acceptors (Lipinski definition) is 1. The molecule has 80 valence electrons. The average Bonchev–Trinajstić information content (AvgIpc) is 2.29. The molecular formula is C12H14BrNO. The number of anilines is 1. The Balaban J connectivity index is 2.69. The number of halogens is 1. The van der Waals surface area contributed by atoms with Crippen LogP contribution in [0.4, 0.5) is 5.69 Å². The highest BCUT2D eigenvalue weighted by molar-refractivity contribution is 9.12. The largest absolute Gasteiger partial charge is 0.322 e. The molecule has 0 aromatic heterocycles. The van der Waals surface area contributed by atoms with Gasteiger partial charge in [0.25, 0.3) is 5.91 Å². The zero-order valence-electron chi connectivity index (χ0n) is 8.88. The quantitative estimate of drug-likeness (QED) is 0.835. The van der Waals surface area contributed by atoms with Crippen molar-refractivity contribution < 1.29 is 4.79 Å². The van der Waals surface area contributed by atoms with E-state index < -0.39 is 0 Å². The van der Waals surface area contributed by atoms with E-state index in [1.807, 2.05) is 31.2 Å². The van der Waals surface area contributed by atoms with Crippen molar-refractivity contribution in [2.45, 2.75) is 20.3 Å². The number of rotatable bonds is 3. The number of carbonyl (C=O) groups excluding carboxylic acids is 1. The van der Waals surface area contributed by atoms with E-state index in [0.717, 1.165) is 12.1 Å². The second-order valence-electron chi connectivity index (χ2n) is 3.14. The summed E-state index contributed by atoms with van der Waals surface area (Å²) in [5.74, 6) is -0.123. The highest BCUT2D eigenvalue weighted by Gasteiger charge is 2.04. The van der Waals surface area contributed by atoms with Crippen LogP contribution in [-0.2, 0) is 11.2 Å². The molecular weight excluding hydrogens is 254 g/mol. The molecule has 0 aliphatic carbocycles. The number of carbonyl (C=O) groups is 1. The van der Waals surface area contributed by atoms with Crippen molar-refractivity contribution in [3.8, 4) is 0 Å². The van der Waals surface area contributed by atoms with Crippen LogP contribution in [0.1, 0.15) is 19.4 Å². The molecule has 15 heavy (non-hydrogen) atoms. The number of benzene rings is 1. The van der Waals surface area contributed by atoms with Crippen molar-refractivity contribution >= 4 is 27.5 Å². The summed E-state index contributed by atoms with van der Waals surface area (Å²) in [7, 11) is 0. The summed E-state index contributed by atoms with van der Waals surface area (Å²) in [6.07, 6.45) is 2.72. The molecule has 0 radical (unpaired) electrons. The number of allylic oxidation sites excluding steroid dienone is 1. The fourth-order valence-corrected chi connectivity index (χ4v) is 1.24. The fraction of sp³-hybridized carbons (Fsp3) is 0.250. The van der Waals surface area contributed by atoms with Crippen LogP contribution in [0, 0.1) is 0 Å². The molecule has 1 rings (SSSR count). The molecule has 1 amide bonds. The first-order valence-corrected chi connectivity index (χ1v) is 5.68. The molecule has 1 N–H and O–H groups in total. The average molecular weight is 268 g/mol. The lowest BCUT2D eigenvalue weighted by Gasteiger charge is -2.04. The number of amides is 1. The first-order chi connectivity index (χ1) is 7.17.